The van der Waals surface area contributed by atoms with E-state index < -0.39 is 21.1 Å². The van der Waals surface area contributed by atoms with Crippen LogP contribution in [0, 0.1) is 13.8 Å². The second-order valence-electron chi connectivity index (χ2n) is 15.2. The molecule has 5 rings (SSSR count). The van der Waals surface area contributed by atoms with Gasteiger partial charge < -0.3 is 27.9 Å². The first-order valence-corrected chi connectivity index (χ1v) is 16.5. The Hall–Kier alpha value is -1.79. The highest BCUT2D eigenvalue weighted by molar-refractivity contribution is 9.10. The van der Waals surface area contributed by atoms with E-state index in [1.165, 1.54) is 0 Å². The lowest BCUT2D eigenvalue weighted by molar-refractivity contribution is 0.00578. The highest BCUT2D eigenvalue weighted by Gasteiger charge is 2.63. The topological polar surface area (TPSA) is 89.5 Å². The molecule has 46 heavy (non-hydrogen) atoms. The molecule has 3 aliphatic heterocycles. The third kappa shape index (κ3) is 8.25. The fraction of sp³-hybridized carbons (Fsp3) is 0.588. The minimum absolute atomic E-state index is 0.360. The zero-order valence-corrected chi connectivity index (χ0v) is 31.6. The third-order valence-electron chi connectivity index (χ3n) is 9.92. The third-order valence-corrected chi connectivity index (χ3v) is 10.6. The quantitative estimate of drug-likeness (QED) is 0.251. The van der Waals surface area contributed by atoms with Crippen LogP contribution in [0.4, 0.5) is 0 Å². The van der Waals surface area contributed by atoms with Crippen LogP contribution in [0.5, 0.6) is 0 Å². The van der Waals surface area contributed by atoms with Gasteiger partial charge in [0.15, 0.2) is 6.29 Å². The zero-order valence-electron chi connectivity index (χ0n) is 30.0. The molecule has 2 aromatic rings. The van der Waals surface area contributed by atoms with Crippen LogP contribution < -0.4 is 5.46 Å². The molecular formula is C34H50B3BrO8. The molecule has 0 atom stereocenters. The van der Waals surface area contributed by atoms with Crippen LogP contribution in [-0.4, -0.2) is 67.3 Å². The Morgan fingerprint density at radius 1 is 0.522 bits per heavy atom. The molecule has 0 aliphatic carbocycles. The van der Waals surface area contributed by atoms with Gasteiger partial charge in [0.25, 0.3) is 0 Å². The van der Waals surface area contributed by atoms with Crippen molar-refractivity contribution < 1.29 is 37.5 Å². The summed E-state index contributed by atoms with van der Waals surface area (Å²) in [6.07, 6.45) is 1.68. The molecular weight excluding hydrogens is 649 g/mol. The largest absolute Gasteiger partial charge is 0.495 e. The summed E-state index contributed by atoms with van der Waals surface area (Å²) >= 11 is 3.28. The van der Waals surface area contributed by atoms with Crippen LogP contribution in [0.3, 0.4) is 0 Å². The van der Waals surface area contributed by atoms with Crippen LogP contribution in [0.1, 0.15) is 115 Å². The molecule has 3 fully saturated rings. The van der Waals surface area contributed by atoms with Crippen molar-refractivity contribution in [2.75, 3.05) is 0 Å². The normalized spacial score (nSPS) is 22.8. The highest BCUT2D eigenvalue weighted by Crippen LogP contribution is 2.43. The maximum Gasteiger partial charge on any atom is 0.495 e. The summed E-state index contributed by atoms with van der Waals surface area (Å²) in [4.78, 5) is 21.4. The molecule has 3 heterocycles. The number of hydrogen-bond donors (Lipinski definition) is 0. The summed E-state index contributed by atoms with van der Waals surface area (Å²) in [7, 11) is -1.43. The van der Waals surface area contributed by atoms with E-state index in [4.69, 9.17) is 27.9 Å². The Labute approximate surface area is 285 Å². The van der Waals surface area contributed by atoms with Gasteiger partial charge in [-0.1, -0.05) is 51.8 Å². The monoisotopic (exact) mass is 698 g/mol. The highest BCUT2D eigenvalue weighted by atomic mass is 79.9. The summed E-state index contributed by atoms with van der Waals surface area (Å²) in [5, 5.41) is 0. The van der Waals surface area contributed by atoms with Gasteiger partial charge in [0.1, 0.15) is 6.29 Å². The average Bonchev–Trinajstić information content (AvgIpc) is 3.38. The van der Waals surface area contributed by atoms with Crippen LogP contribution in [0.2, 0.25) is 0 Å². The predicted molar refractivity (Wildman–Crippen MR) is 189 cm³/mol. The van der Waals surface area contributed by atoms with Gasteiger partial charge in [-0.25, -0.2) is 0 Å². The van der Waals surface area contributed by atoms with Gasteiger partial charge in [0, 0.05) is 15.6 Å². The number of halogens is 1. The maximum absolute atomic E-state index is 11.1. The number of benzene rings is 2. The van der Waals surface area contributed by atoms with Gasteiger partial charge >= 0.3 is 21.1 Å². The zero-order chi connectivity index (χ0) is 35.1. The van der Waals surface area contributed by atoms with E-state index in [2.05, 4.69) is 15.9 Å². The molecule has 0 amide bonds. The molecule has 0 unspecified atom stereocenters. The van der Waals surface area contributed by atoms with Crippen molar-refractivity contribution in [3.8, 4) is 0 Å². The van der Waals surface area contributed by atoms with Crippen LogP contribution in [0.15, 0.2) is 40.9 Å². The van der Waals surface area contributed by atoms with Gasteiger partial charge in [0.05, 0.1) is 33.6 Å². The SMILES string of the molecule is CC1(C)OB(B2OC(C)(C)C(C)(C)O2)OC1(C)C.Cc1ccc(C=O)c(B2OC(C)(C)C(C)(C)O2)c1.Cc1ccc(C=O)c(Br)c1. The molecule has 0 bridgehead atoms. The van der Waals surface area contributed by atoms with Crippen LogP contribution >= 0.6 is 15.9 Å². The van der Waals surface area contributed by atoms with E-state index >= 15 is 0 Å². The number of hydrogen-bond acceptors (Lipinski definition) is 8. The van der Waals surface area contributed by atoms with Gasteiger partial charge in [-0.2, -0.15) is 0 Å². The molecule has 2 aromatic carbocycles. The van der Waals surface area contributed by atoms with Gasteiger partial charge in [-0.3, -0.25) is 9.59 Å². The van der Waals surface area contributed by atoms with Gasteiger partial charge in [-0.15, -0.1) is 0 Å². The summed E-state index contributed by atoms with van der Waals surface area (Å²) in [5.41, 5.74) is 2.16. The standard InChI is InChI=1S/C14H19BO3.C12H24B2O4.C8H7BrO/c1-10-6-7-11(9-16)12(8-10)15-17-13(2,3)14(4,5)18-15;1-9(2)10(3,4)16-13(15-9)14-17-11(5,6)12(7,8)18-14;1-6-2-3-7(5-10)8(9)4-6/h6-9H,1-5H3;1-8H3;2-5H,1H3. The van der Waals surface area contributed by atoms with Gasteiger partial charge in [0.2, 0.25) is 0 Å². The molecule has 250 valence electrons. The molecule has 0 radical (unpaired) electrons. The lowest BCUT2D eigenvalue weighted by Gasteiger charge is -2.32. The van der Waals surface area contributed by atoms with Crippen LogP contribution in [-0.2, 0) is 27.9 Å². The number of rotatable bonds is 4. The summed E-state index contributed by atoms with van der Waals surface area (Å²) in [5.74, 6) is 0. The summed E-state index contributed by atoms with van der Waals surface area (Å²) in [6, 6.07) is 11.3. The van der Waals surface area contributed by atoms with E-state index in [1.54, 1.807) is 6.07 Å². The second kappa shape index (κ2) is 13.6. The fourth-order valence-corrected chi connectivity index (χ4v) is 5.29. The molecule has 8 nitrogen and oxygen atoms in total. The van der Waals surface area contributed by atoms with Crippen molar-refractivity contribution in [2.45, 2.75) is 131 Å². The van der Waals surface area contributed by atoms with Crippen molar-refractivity contribution in [1.82, 2.24) is 0 Å². The lowest BCUT2D eigenvalue weighted by atomic mass is 9.49. The molecule has 0 spiro atoms. The maximum atomic E-state index is 11.1. The molecule has 3 aliphatic rings. The van der Waals surface area contributed by atoms with E-state index in [0.29, 0.717) is 11.1 Å². The Kier molecular flexibility index (Phi) is 11.4. The van der Waals surface area contributed by atoms with Crippen molar-refractivity contribution in [2.24, 2.45) is 0 Å². The minimum Gasteiger partial charge on any atom is -0.405 e. The van der Waals surface area contributed by atoms with Crippen LogP contribution in [0.25, 0.3) is 0 Å². The Morgan fingerprint density at radius 2 is 0.848 bits per heavy atom. The molecule has 0 N–H and O–H groups in total. The Balaban J connectivity index is 0.000000196. The van der Waals surface area contributed by atoms with Crippen molar-refractivity contribution >= 4 is 55.1 Å². The lowest BCUT2D eigenvalue weighted by Crippen LogP contribution is -2.41. The molecule has 3 saturated heterocycles. The van der Waals surface area contributed by atoms with Crippen molar-refractivity contribution in [3.05, 3.63) is 63.1 Å². The average molecular weight is 699 g/mol. The van der Waals surface area contributed by atoms with Crippen molar-refractivity contribution in [3.63, 3.8) is 0 Å². The van der Waals surface area contributed by atoms with Gasteiger partial charge in [-0.05, 0) is 114 Å². The second-order valence-corrected chi connectivity index (χ2v) is 16.1. The number of carbonyl (C=O) groups is 2. The fourth-order valence-electron chi connectivity index (χ4n) is 4.70. The Bertz CT molecular complexity index is 1340. The van der Waals surface area contributed by atoms with E-state index in [0.717, 1.165) is 33.6 Å². The molecule has 0 aromatic heterocycles. The van der Waals surface area contributed by atoms with E-state index in [-0.39, 0.29) is 33.6 Å². The first kappa shape index (κ1) is 38.7. The predicted octanol–water partition coefficient (Wildman–Crippen LogP) is 6.93. The first-order chi connectivity index (χ1) is 20.9. The first-order valence-electron chi connectivity index (χ1n) is 15.7. The molecule has 12 heteroatoms. The summed E-state index contributed by atoms with van der Waals surface area (Å²) in [6.45, 7) is 28.2. The van der Waals surface area contributed by atoms with Crippen molar-refractivity contribution in [1.29, 1.82) is 0 Å². The molecule has 0 saturated carbocycles. The smallest absolute Gasteiger partial charge is 0.405 e. The number of aldehydes is 2. The summed E-state index contributed by atoms with van der Waals surface area (Å²) < 4.78 is 36.6. The van der Waals surface area contributed by atoms with E-state index in [1.807, 2.05) is 127 Å². The Morgan fingerprint density at radius 3 is 1.20 bits per heavy atom. The minimum atomic E-state index is -0.477. The number of aryl methyl sites for hydroxylation is 2. The number of carbonyl (C=O) groups excluding carboxylic acids is 2. The van der Waals surface area contributed by atoms with E-state index in [9.17, 15) is 9.59 Å².